The molecule has 26 heavy (non-hydrogen) atoms. The van der Waals surface area contributed by atoms with Crippen molar-refractivity contribution in [1.29, 1.82) is 0 Å². The SMILES string of the molecule is CCCN1CCC2(CC1)OCC(C(=O)O)N2C(=O)c1cc(F)cc(F)c1. The van der Waals surface area contributed by atoms with Gasteiger partial charge in [0, 0.05) is 37.6 Å². The molecule has 0 saturated carbocycles. The summed E-state index contributed by atoms with van der Waals surface area (Å²) >= 11 is 0. The van der Waals surface area contributed by atoms with Crippen LogP contribution in [0.2, 0.25) is 0 Å². The number of nitrogens with zero attached hydrogens (tertiary/aromatic N) is 2. The van der Waals surface area contributed by atoms with Crippen molar-refractivity contribution in [1.82, 2.24) is 9.80 Å². The summed E-state index contributed by atoms with van der Waals surface area (Å²) in [5.74, 6) is -3.68. The van der Waals surface area contributed by atoms with Crippen LogP contribution in [0, 0.1) is 11.6 Å². The summed E-state index contributed by atoms with van der Waals surface area (Å²) in [7, 11) is 0. The van der Waals surface area contributed by atoms with Gasteiger partial charge in [0.25, 0.3) is 5.91 Å². The van der Waals surface area contributed by atoms with E-state index in [1.165, 1.54) is 4.90 Å². The second-order valence-electron chi connectivity index (χ2n) is 6.79. The standard InChI is InChI=1S/C18H22F2N2O4/c1-2-5-21-6-3-18(4-7-21)22(15(11-26-18)17(24)25)16(23)12-8-13(19)10-14(20)9-12/h8-10,15H,2-7,11H2,1H3,(H,24,25). The molecule has 2 heterocycles. The van der Waals surface area contributed by atoms with Crippen molar-refractivity contribution in [2.45, 2.75) is 38.0 Å². The summed E-state index contributed by atoms with van der Waals surface area (Å²) in [6.45, 7) is 4.20. The van der Waals surface area contributed by atoms with E-state index < -0.39 is 35.3 Å². The number of ether oxygens (including phenoxy) is 1. The lowest BCUT2D eigenvalue weighted by atomic mass is 9.96. The molecule has 1 unspecified atom stereocenters. The van der Waals surface area contributed by atoms with Crippen LogP contribution in [0.5, 0.6) is 0 Å². The average molecular weight is 368 g/mol. The molecule has 2 fully saturated rings. The number of hydrogen-bond acceptors (Lipinski definition) is 4. The molecule has 142 valence electrons. The molecular formula is C18H22F2N2O4. The molecule has 1 aromatic rings. The predicted octanol–water partition coefficient (Wildman–Crippen LogP) is 2.09. The smallest absolute Gasteiger partial charge is 0.328 e. The van der Waals surface area contributed by atoms with E-state index in [0.717, 1.165) is 25.1 Å². The maximum Gasteiger partial charge on any atom is 0.328 e. The van der Waals surface area contributed by atoms with Crippen molar-refractivity contribution in [2.75, 3.05) is 26.2 Å². The Bertz CT molecular complexity index is 684. The molecule has 1 aromatic carbocycles. The van der Waals surface area contributed by atoms with E-state index in [4.69, 9.17) is 4.74 Å². The van der Waals surface area contributed by atoms with Crippen LogP contribution >= 0.6 is 0 Å². The number of rotatable bonds is 4. The van der Waals surface area contributed by atoms with Crippen molar-refractivity contribution in [2.24, 2.45) is 0 Å². The summed E-state index contributed by atoms with van der Waals surface area (Å²) in [6.07, 6.45) is 1.91. The van der Waals surface area contributed by atoms with Crippen LogP contribution < -0.4 is 0 Å². The first-order valence-electron chi connectivity index (χ1n) is 8.75. The van der Waals surface area contributed by atoms with E-state index in [1.807, 2.05) is 0 Å². The second-order valence-corrected chi connectivity index (χ2v) is 6.79. The molecule has 0 aromatic heterocycles. The van der Waals surface area contributed by atoms with E-state index >= 15 is 0 Å². The Labute approximate surface area is 150 Å². The van der Waals surface area contributed by atoms with Crippen LogP contribution in [0.15, 0.2) is 18.2 Å². The van der Waals surface area contributed by atoms with E-state index in [-0.39, 0.29) is 12.2 Å². The zero-order chi connectivity index (χ0) is 18.9. The fraction of sp³-hybridized carbons (Fsp3) is 0.556. The highest BCUT2D eigenvalue weighted by atomic mass is 19.1. The lowest BCUT2D eigenvalue weighted by Gasteiger charge is -2.44. The van der Waals surface area contributed by atoms with E-state index in [1.54, 1.807) is 0 Å². The molecule has 0 aliphatic carbocycles. The quantitative estimate of drug-likeness (QED) is 0.881. The van der Waals surface area contributed by atoms with Crippen LogP contribution in [-0.2, 0) is 9.53 Å². The third kappa shape index (κ3) is 3.43. The van der Waals surface area contributed by atoms with Gasteiger partial charge in [0.1, 0.15) is 17.4 Å². The number of likely N-dealkylation sites (tertiary alicyclic amines) is 1. The fourth-order valence-electron chi connectivity index (χ4n) is 3.81. The summed E-state index contributed by atoms with van der Waals surface area (Å²) in [5.41, 5.74) is -1.26. The number of piperidine rings is 1. The van der Waals surface area contributed by atoms with Gasteiger partial charge in [-0.1, -0.05) is 6.92 Å². The van der Waals surface area contributed by atoms with Crippen LogP contribution in [0.3, 0.4) is 0 Å². The topological polar surface area (TPSA) is 70.1 Å². The lowest BCUT2D eigenvalue weighted by Crippen LogP contribution is -2.58. The van der Waals surface area contributed by atoms with Crippen molar-refractivity contribution in [3.63, 3.8) is 0 Å². The van der Waals surface area contributed by atoms with Gasteiger partial charge in [-0.25, -0.2) is 13.6 Å². The summed E-state index contributed by atoms with van der Waals surface area (Å²) < 4.78 is 32.9. The van der Waals surface area contributed by atoms with Crippen molar-refractivity contribution in [3.05, 3.63) is 35.4 Å². The number of carboxylic acids is 1. The minimum atomic E-state index is -1.19. The highest BCUT2D eigenvalue weighted by molar-refractivity contribution is 5.97. The average Bonchev–Trinajstić information content (AvgIpc) is 2.95. The van der Waals surface area contributed by atoms with Crippen molar-refractivity contribution >= 4 is 11.9 Å². The summed E-state index contributed by atoms with van der Waals surface area (Å²) in [4.78, 5) is 28.0. The predicted molar refractivity (Wildman–Crippen MR) is 88.6 cm³/mol. The maximum absolute atomic E-state index is 13.5. The second kappa shape index (κ2) is 7.28. The van der Waals surface area contributed by atoms with E-state index in [9.17, 15) is 23.5 Å². The monoisotopic (exact) mass is 368 g/mol. The molecule has 1 atom stereocenters. The van der Waals surface area contributed by atoms with Crippen LogP contribution in [-0.4, -0.2) is 64.8 Å². The summed E-state index contributed by atoms with van der Waals surface area (Å²) in [5, 5.41) is 9.51. The van der Waals surface area contributed by atoms with E-state index in [0.29, 0.717) is 32.0 Å². The Morgan fingerprint density at radius 3 is 2.38 bits per heavy atom. The molecule has 2 aliphatic rings. The highest BCUT2D eigenvalue weighted by Gasteiger charge is 2.54. The third-order valence-corrected chi connectivity index (χ3v) is 5.05. The zero-order valence-corrected chi connectivity index (χ0v) is 14.6. The van der Waals surface area contributed by atoms with Gasteiger partial charge in [0.05, 0.1) is 6.61 Å². The molecule has 1 amide bonds. The number of halogens is 2. The Balaban J connectivity index is 1.91. The summed E-state index contributed by atoms with van der Waals surface area (Å²) in [6, 6.07) is 1.34. The minimum Gasteiger partial charge on any atom is -0.480 e. The first-order valence-corrected chi connectivity index (χ1v) is 8.75. The fourth-order valence-corrected chi connectivity index (χ4v) is 3.81. The molecule has 1 N–H and O–H groups in total. The number of hydrogen-bond donors (Lipinski definition) is 1. The lowest BCUT2D eigenvalue weighted by molar-refractivity contribution is -0.143. The normalized spacial score (nSPS) is 22.7. The Morgan fingerprint density at radius 1 is 1.23 bits per heavy atom. The maximum atomic E-state index is 13.5. The van der Waals surface area contributed by atoms with Gasteiger partial charge in [0.15, 0.2) is 6.04 Å². The number of carbonyl (C=O) groups is 2. The van der Waals surface area contributed by atoms with Gasteiger partial charge >= 0.3 is 5.97 Å². The number of carboxylic acid groups (broad SMARTS) is 1. The molecule has 1 spiro atoms. The molecule has 3 rings (SSSR count). The molecule has 2 saturated heterocycles. The first-order chi connectivity index (χ1) is 12.4. The van der Waals surface area contributed by atoms with Crippen LogP contribution in [0.1, 0.15) is 36.5 Å². The largest absolute Gasteiger partial charge is 0.480 e. The first kappa shape index (κ1) is 18.7. The Morgan fingerprint density at radius 2 is 1.85 bits per heavy atom. The number of carbonyl (C=O) groups excluding carboxylic acids is 1. The zero-order valence-electron chi connectivity index (χ0n) is 14.6. The van der Waals surface area contributed by atoms with Crippen LogP contribution in [0.4, 0.5) is 8.78 Å². The number of benzene rings is 1. The highest BCUT2D eigenvalue weighted by Crippen LogP contribution is 2.38. The van der Waals surface area contributed by atoms with Crippen LogP contribution in [0.25, 0.3) is 0 Å². The molecule has 0 radical (unpaired) electrons. The Hall–Kier alpha value is -2.06. The van der Waals surface area contributed by atoms with Gasteiger partial charge in [-0.15, -0.1) is 0 Å². The molecule has 6 nitrogen and oxygen atoms in total. The van der Waals surface area contributed by atoms with E-state index in [2.05, 4.69) is 11.8 Å². The minimum absolute atomic E-state index is 0.132. The van der Waals surface area contributed by atoms with Gasteiger partial charge in [-0.05, 0) is 25.1 Å². The molecular weight excluding hydrogens is 346 g/mol. The number of amides is 1. The van der Waals surface area contributed by atoms with Gasteiger partial charge in [0.2, 0.25) is 0 Å². The molecule has 2 aliphatic heterocycles. The van der Waals surface area contributed by atoms with Gasteiger partial charge < -0.3 is 14.7 Å². The third-order valence-electron chi connectivity index (χ3n) is 5.05. The van der Waals surface area contributed by atoms with Gasteiger partial charge in [-0.2, -0.15) is 0 Å². The molecule has 0 bridgehead atoms. The molecule has 8 heteroatoms. The number of aliphatic carboxylic acids is 1. The van der Waals surface area contributed by atoms with Crippen molar-refractivity contribution in [3.8, 4) is 0 Å². The van der Waals surface area contributed by atoms with Gasteiger partial charge in [-0.3, -0.25) is 9.69 Å². The Kier molecular flexibility index (Phi) is 5.24. The van der Waals surface area contributed by atoms with Crippen molar-refractivity contribution < 1.29 is 28.2 Å².